The number of amides is 2. The van der Waals surface area contributed by atoms with Crippen molar-refractivity contribution in [1.82, 2.24) is 10.6 Å². The van der Waals surface area contributed by atoms with Crippen molar-refractivity contribution in [2.45, 2.75) is 6.54 Å². The van der Waals surface area contributed by atoms with Crippen LogP contribution in [0, 0.1) is 0 Å². The summed E-state index contributed by atoms with van der Waals surface area (Å²) in [4.78, 5) is 22.6. The Morgan fingerprint density at radius 1 is 1.28 bits per heavy atom. The van der Waals surface area contributed by atoms with E-state index in [4.69, 9.17) is 10.5 Å². The lowest BCUT2D eigenvalue weighted by Gasteiger charge is -2.07. The van der Waals surface area contributed by atoms with Gasteiger partial charge in [0, 0.05) is 19.6 Å². The lowest BCUT2D eigenvalue weighted by molar-refractivity contribution is -0.139. The third-order valence-corrected chi connectivity index (χ3v) is 2.22. The van der Waals surface area contributed by atoms with Gasteiger partial charge in [-0.1, -0.05) is 12.1 Å². The average molecular weight is 251 g/mol. The molecule has 0 unspecified atom stereocenters. The van der Waals surface area contributed by atoms with Crippen LogP contribution in [0.2, 0.25) is 0 Å². The molecule has 18 heavy (non-hydrogen) atoms. The average Bonchev–Trinajstić information content (AvgIpc) is 2.42. The number of nitrogens with one attached hydrogen (secondary N) is 2. The first-order chi connectivity index (χ1) is 8.67. The molecule has 0 aliphatic rings. The van der Waals surface area contributed by atoms with Gasteiger partial charge in [-0.05, 0) is 17.7 Å². The summed E-state index contributed by atoms with van der Waals surface area (Å²) in [6, 6.07) is 7.24. The van der Waals surface area contributed by atoms with Crippen LogP contribution >= 0.6 is 0 Å². The topological polar surface area (TPSA) is 93.4 Å². The first kappa shape index (κ1) is 14.0. The summed E-state index contributed by atoms with van der Waals surface area (Å²) in [5, 5.41) is 4.90. The van der Waals surface area contributed by atoms with E-state index < -0.39 is 11.8 Å². The smallest absolute Gasteiger partial charge is 0.309 e. The largest absolute Gasteiger partial charge is 0.497 e. The standard InChI is InChI=1S/C12H17N3O3/c1-18-10-4-2-3-9(7-10)8-15-12(17)11(16)14-6-5-13/h2-4,7H,5-6,8,13H2,1H3,(H,14,16)(H,15,17). The predicted molar refractivity (Wildman–Crippen MR) is 66.9 cm³/mol. The summed E-state index contributed by atoms with van der Waals surface area (Å²) < 4.78 is 5.06. The van der Waals surface area contributed by atoms with Crippen LogP contribution in [0.5, 0.6) is 5.75 Å². The number of hydrogen-bond donors (Lipinski definition) is 3. The summed E-state index contributed by atoms with van der Waals surface area (Å²) in [5.74, 6) is -0.649. The molecule has 0 spiro atoms. The van der Waals surface area contributed by atoms with Crippen LogP contribution in [0.15, 0.2) is 24.3 Å². The van der Waals surface area contributed by atoms with Gasteiger partial charge >= 0.3 is 11.8 Å². The Labute approximate surface area is 105 Å². The van der Waals surface area contributed by atoms with Gasteiger partial charge in [-0.3, -0.25) is 9.59 Å². The Morgan fingerprint density at radius 2 is 2.00 bits per heavy atom. The molecule has 2 amide bonds. The lowest BCUT2D eigenvalue weighted by Crippen LogP contribution is -2.41. The minimum Gasteiger partial charge on any atom is -0.497 e. The van der Waals surface area contributed by atoms with Crippen molar-refractivity contribution in [2.24, 2.45) is 5.73 Å². The molecule has 0 aromatic heterocycles. The van der Waals surface area contributed by atoms with Crippen molar-refractivity contribution in [3.05, 3.63) is 29.8 Å². The molecular formula is C12H17N3O3. The Kier molecular flexibility index (Phi) is 5.66. The molecule has 0 radical (unpaired) electrons. The zero-order chi connectivity index (χ0) is 13.4. The second kappa shape index (κ2) is 7.29. The summed E-state index contributed by atoms with van der Waals surface area (Å²) in [6.45, 7) is 0.854. The van der Waals surface area contributed by atoms with Crippen LogP contribution < -0.4 is 21.1 Å². The van der Waals surface area contributed by atoms with E-state index in [0.717, 1.165) is 5.56 Å². The van der Waals surface area contributed by atoms with Crippen molar-refractivity contribution >= 4 is 11.8 Å². The lowest BCUT2D eigenvalue weighted by atomic mass is 10.2. The van der Waals surface area contributed by atoms with Crippen LogP contribution in [-0.4, -0.2) is 32.0 Å². The Morgan fingerprint density at radius 3 is 2.67 bits per heavy atom. The number of methoxy groups -OCH3 is 1. The van der Waals surface area contributed by atoms with Gasteiger partial charge in [-0.15, -0.1) is 0 Å². The Balaban J connectivity index is 2.44. The quantitative estimate of drug-likeness (QED) is 0.608. The number of nitrogens with two attached hydrogens (primary N) is 1. The normalized spacial score (nSPS) is 9.67. The predicted octanol–water partition coefficient (Wildman–Crippen LogP) is -0.614. The highest BCUT2D eigenvalue weighted by atomic mass is 16.5. The van der Waals surface area contributed by atoms with Crippen molar-refractivity contribution in [3.8, 4) is 5.75 Å². The number of carbonyl (C=O) groups excluding carboxylic acids is 2. The number of ether oxygens (including phenoxy) is 1. The molecule has 1 aromatic carbocycles. The second-order valence-electron chi connectivity index (χ2n) is 3.58. The molecular weight excluding hydrogens is 234 g/mol. The van der Waals surface area contributed by atoms with E-state index in [1.807, 2.05) is 12.1 Å². The molecule has 0 atom stereocenters. The van der Waals surface area contributed by atoms with Gasteiger partial charge < -0.3 is 21.1 Å². The molecule has 0 fully saturated rings. The molecule has 0 aliphatic heterocycles. The summed E-state index contributed by atoms with van der Waals surface area (Å²) in [5.41, 5.74) is 6.07. The summed E-state index contributed by atoms with van der Waals surface area (Å²) in [7, 11) is 1.57. The Hall–Kier alpha value is -2.08. The van der Waals surface area contributed by atoms with E-state index in [0.29, 0.717) is 12.3 Å². The first-order valence-electron chi connectivity index (χ1n) is 5.56. The van der Waals surface area contributed by atoms with E-state index in [-0.39, 0.29) is 13.1 Å². The van der Waals surface area contributed by atoms with Gasteiger partial charge in [-0.25, -0.2) is 0 Å². The maximum Gasteiger partial charge on any atom is 0.309 e. The fourth-order valence-corrected chi connectivity index (χ4v) is 1.31. The van der Waals surface area contributed by atoms with Crippen LogP contribution in [-0.2, 0) is 16.1 Å². The fraction of sp³-hybridized carbons (Fsp3) is 0.333. The minimum absolute atomic E-state index is 0.270. The first-order valence-corrected chi connectivity index (χ1v) is 5.56. The highest BCUT2D eigenvalue weighted by molar-refractivity contribution is 6.35. The number of hydrogen-bond acceptors (Lipinski definition) is 4. The number of carbonyl (C=O) groups is 2. The summed E-state index contributed by atoms with van der Waals surface area (Å²) >= 11 is 0. The van der Waals surface area contributed by atoms with Crippen LogP contribution in [0.1, 0.15) is 5.56 Å². The van der Waals surface area contributed by atoms with E-state index >= 15 is 0 Å². The number of rotatable bonds is 5. The van der Waals surface area contributed by atoms with E-state index in [9.17, 15) is 9.59 Å². The van der Waals surface area contributed by atoms with Gasteiger partial charge in [0.2, 0.25) is 0 Å². The molecule has 0 bridgehead atoms. The van der Waals surface area contributed by atoms with Crippen LogP contribution in [0.3, 0.4) is 0 Å². The highest BCUT2D eigenvalue weighted by Gasteiger charge is 2.11. The maximum absolute atomic E-state index is 11.4. The van der Waals surface area contributed by atoms with Gasteiger partial charge in [0.1, 0.15) is 5.75 Å². The van der Waals surface area contributed by atoms with Gasteiger partial charge in [0.15, 0.2) is 0 Å². The fourth-order valence-electron chi connectivity index (χ4n) is 1.31. The second-order valence-corrected chi connectivity index (χ2v) is 3.58. The summed E-state index contributed by atoms with van der Waals surface area (Å²) in [6.07, 6.45) is 0. The zero-order valence-electron chi connectivity index (χ0n) is 10.2. The monoisotopic (exact) mass is 251 g/mol. The maximum atomic E-state index is 11.4. The molecule has 0 heterocycles. The molecule has 0 aliphatic carbocycles. The van der Waals surface area contributed by atoms with Crippen LogP contribution in [0.25, 0.3) is 0 Å². The van der Waals surface area contributed by atoms with E-state index in [1.54, 1.807) is 19.2 Å². The molecule has 4 N–H and O–H groups in total. The zero-order valence-corrected chi connectivity index (χ0v) is 10.2. The van der Waals surface area contributed by atoms with Gasteiger partial charge in [-0.2, -0.15) is 0 Å². The van der Waals surface area contributed by atoms with E-state index in [2.05, 4.69) is 10.6 Å². The molecule has 6 nitrogen and oxygen atoms in total. The van der Waals surface area contributed by atoms with Crippen molar-refractivity contribution < 1.29 is 14.3 Å². The molecule has 1 aromatic rings. The number of benzene rings is 1. The molecule has 98 valence electrons. The molecule has 0 saturated heterocycles. The van der Waals surface area contributed by atoms with Gasteiger partial charge in [0.25, 0.3) is 0 Å². The van der Waals surface area contributed by atoms with Gasteiger partial charge in [0.05, 0.1) is 7.11 Å². The van der Waals surface area contributed by atoms with Crippen LogP contribution in [0.4, 0.5) is 0 Å². The molecule has 1 rings (SSSR count). The van der Waals surface area contributed by atoms with Crippen molar-refractivity contribution in [2.75, 3.05) is 20.2 Å². The van der Waals surface area contributed by atoms with E-state index in [1.165, 1.54) is 0 Å². The molecule has 0 saturated carbocycles. The minimum atomic E-state index is -0.677. The van der Waals surface area contributed by atoms with Crippen molar-refractivity contribution in [1.29, 1.82) is 0 Å². The third kappa shape index (κ3) is 4.42. The Bertz CT molecular complexity index is 421. The van der Waals surface area contributed by atoms with Crippen molar-refractivity contribution in [3.63, 3.8) is 0 Å². The molecule has 6 heteroatoms. The third-order valence-electron chi connectivity index (χ3n) is 2.22. The highest BCUT2D eigenvalue weighted by Crippen LogP contribution is 2.11. The SMILES string of the molecule is COc1cccc(CNC(=O)C(=O)NCCN)c1.